The molecular weight excluding hydrogens is 269 g/mol. The van der Waals surface area contributed by atoms with Crippen LogP contribution in [0.5, 0.6) is 0 Å². The molecule has 0 saturated carbocycles. The fourth-order valence-corrected chi connectivity index (χ4v) is 2.31. The quantitative estimate of drug-likeness (QED) is 0.894. The van der Waals surface area contributed by atoms with Crippen LogP contribution in [0.3, 0.4) is 0 Å². The van der Waals surface area contributed by atoms with Crippen LogP contribution in [0.1, 0.15) is 28.3 Å². The van der Waals surface area contributed by atoms with E-state index in [9.17, 15) is 14.3 Å². The molecule has 2 rings (SSSR count). The summed E-state index contributed by atoms with van der Waals surface area (Å²) in [4.78, 5) is 11.6. The Kier molecular flexibility index (Phi) is 4.26. The van der Waals surface area contributed by atoms with Crippen LogP contribution in [-0.4, -0.2) is 11.1 Å². The highest BCUT2D eigenvalue weighted by atomic mass is 19.1. The SMILES string of the molecule is Cc1cc(C)c(C(Nc2cccc(F)c2)C(=O)O)cc1C. The van der Waals surface area contributed by atoms with Gasteiger partial charge >= 0.3 is 5.97 Å². The predicted molar refractivity (Wildman–Crippen MR) is 81.1 cm³/mol. The van der Waals surface area contributed by atoms with E-state index >= 15 is 0 Å². The topological polar surface area (TPSA) is 49.3 Å². The van der Waals surface area contributed by atoms with Gasteiger partial charge in [-0.15, -0.1) is 0 Å². The van der Waals surface area contributed by atoms with E-state index in [4.69, 9.17) is 0 Å². The first-order valence-corrected chi connectivity index (χ1v) is 6.71. The zero-order valence-electron chi connectivity index (χ0n) is 12.3. The number of carbonyl (C=O) groups is 1. The Hall–Kier alpha value is -2.36. The van der Waals surface area contributed by atoms with Crippen molar-refractivity contribution < 1.29 is 14.3 Å². The minimum atomic E-state index is -0.995. The molecule has 0 aliphatic carbocycles. The molecule has 0 radical (unpaired) electrons. The molecule has 0 spiro atoms. The van der Waals surface area contributed by atoms with Gasteiger partial charge in [0.25, 0.3) is 0 Å². The van der Waals surface area contributed by atoms with Gasteiger partial charge in [-0.25, -0.2) is 9.18 Å². The van der Waals surface area contributed by atoms with Gasteiger partial charge in [-0.05, 0) is 61.2 Å². The third-order valence-corrected chi connectivity index (χ3v) is 3.58. The van der Waals surface area contributed by atoms with Crippen molar-refractivity contribution in [2.45, 2.75) is 26.8 Å². The second kappa shape index (κ2) is 5.95. The van der Waals surface area contributed by atoms with Crippen molar-refractivity contribution in [3.05, 3.63) is 64.5 Å². The number of carboxylic acids is 1. The molecule has 0 amide bonds. The second-order valence-corrected chi connectivity index (χ2v) is 5.22. The molecule has 0 bridgehead atoms. The van der Waals surface area contributed by atoms with E-state index in [2.05, 4.69) is 5.32 Å². The molecule has 110 valence electrons. The monoisotopic (exact) mass is 287 g/mol. The van der Waals surface area contributed by atoms with Gasteiger partial charge in [0.2, 0.25) is 0 Å². The van der Waals surface area contributed by atoms with E-state index in [1.165, 1.54) is 12.1 Å². The Balaban J connectivity index is 2.40. The molecule has 1 unspecified atom stereocenters. The average Bonchev–Trinajstić information content (AvgIpc) is 2.40. The van der Waals surface area contributed by atoms with Crippen molar-refractivity contribution in [2.75, 3.05) is 5.32 Å². The van der Waals surface area contributed by atoms with Crippen LogP contribution >= 0.6 is 0 Å². The Morgan fingerprint density at radius 3 is 2.38 bits per heavy atom. The number of hydrogen-bond acceptors (Lipinski definition) is 2. The Labute approximate surface area is 123 Å². The van der Waals surface area contributed by atoms with Gasteiger partial charge in [0.15, 0.2) is 6.04 Å². The maximum Gasteiger partial charge on any atom is 0.330 e. The largest absolute Gasteiger partial charge is 0.479 e. The number of nitrogens with one attached hydrogen (secondary N) is 1. The lowest BCUT2D eigenvalue weighted by Gasteiger charge is -2.19. The zero-order valence-corrected chi connectivity index (χ0v) is 12.3. The normalized spacial score (nSPS) is 12.0. The fourth-order valence-electron chi connectivity index (χ4n) is 2.31. The minimum absolute atomic E-state index is 0.402. The van der Waals surface area contributed by atoms with Gasteiger partial charge in [-0.2, -0.15) is 0 Å². The van der Waals surface area contributed by atoms with Gasteiger partial charge in [-0.3, -0.25) is 0 Å². The summed E-state index contributed by atoms with van der Waals surface area (Å²) in [5, 5.41) is 12.4. The second-order valence-electron chi connectivity index (χ2n) is 5.22. The van der Waals surface area contributed by atoms with E-state index in [-0.39, 0.29) is 0 Å². The molecule has 1 atom stereocenters. The third-order valence-electron chi connectivity index (χ3n) is 3.58. The Morgan fingerprint density at radius 1 is 1.10 bits per heavy atom. The molecule has 2 N–H and O–H groups in total. The van der Waals surface area contributed by atoms with Crippen LogP contribution in [0, 0.1) is 26.6 Å². The molecular formula is C17H18FNO2. The van der Waals surface area contributed by atoms with Crippen LogP contribution in [0.4, 0.5) is 10.1 Å². The summed E-state index contributed by atoms with van der Waals surface area (Å²) in [7, 11) is 0. The van der Waals surface area contributed by atoms with E-state index in [0.717, 1.165) is 16.7 Å². The maximum atomic E-state index is 13.2. The van der Waals surface area contributed by atoms with E-state index in [1.807, 2.05) is 32.9 Å². The number of benzene rings is 2. The molecule has 0 aliphatic heterocycles. The highest BCUT2D eigenvalue weighted by Gasteiger charge is 2.22. The molecule has 0 aromatic heterocycles. The highest BCUT2D eigenvalue weighted by molar-refractivity contribution is 5.80. The average molecular weight is 287 g/mol. The molecule has 4 heteroatoms. The minimum Gasteiger partial charge on any atom is -0.479 e. The van der Waals surface area contributed by atoms with Crippen LogP contribution in [-0.2, 0) is 4.79 Å². The van der Waals surface area contributed by atoms with Crippen LogP contribution in [0.2, 0.25) is 0 Å². The number of anilines is 1. The lowest BCUT2D eigenvalue weighted by molar-refractivity contribution is -0.138. The summed E-state index contributed by atoms with van der Waals surface area (Å²) in [5.74, 6) is -1.40. The van der Waals surface area contributed by atoms with Crippen molar-refractivity contribution in [1.29, 1.82) is 0 Å². The first-order valence-electron chi connectivity index (χ1n) is 6.71. The van der Waals surface area contributed by atoms with Crippen molar-refractivity contribution in [3.8, 4) is 0 Å². The van der Waals surface area contributed by atoms with Gasteiger partial charge in [0.05, 0.1) is 0 Å². The smallest absolute Gasteiger partial charge is 0.330 e. The highest BCUT2D eigenvalue weighted by Crippen LogP contribution is 2.26. The number of carboxylic acid groups (broad SMARTS) is 1. The van der Waals surface area contributed by atoms with Crippen molar-refractivity contribution in [3.63, 3.8) is 0 Å². The number of hydrogen-bond donors (Lipinski definition) is 2. The maximum absolute atomic E-state index is 13.2. The van der Waals surface area contributed by atoms with Gasteiger partial charge in [0.1, 0.15) is 5.82 Å². The summed E-state index contributed by atoms with van der Waals surface area (Å²) in [6.45, 7) is 5.81. The van der Waals surface area contributed by atoms with Crippen molar-refractivity contribution in [1.82, 2.24) is 0 Å². The Morgan fingerprint density at radius 2 is 1.76 bits per heavy atom. The van der Waals surface area contributed by atoms with Gasteiger partial charge in [0, 0.05) is 5.69 Å². The summed E-state index contributed by atoms with van der Waals surface area (Å²) in [5.41, 5.74) is 4.18. The number of halogens is 1. The molecule has 0 heterocycles. The Bertz CT molecular complexity index is 682. The van der Waals surface area contributed by atoms with Gasteiger partial charge in [-0.1, -0.05) is 18.2 Å². The van der Waals surface area contributed by atoms with Crippen molar-refractivity contribution >= 4 is 11.7 Å². The summed E-state index contributed by atoms with van der Waals surface area (Å²) in [6, 6.07) is 8.73. The van der Waals surface area contributed by atoms with E-state index < -0.39 is 17.8 Å². The fraction of sp³-hybridized carbons (Fsp3) is 0.235. The zero-order chi connectivity index (χ0) is 15.6. The van der Waals surface area contributed by atoms with Crippen LogP contribution < -0.4 is 5.32 Å². The van der Waals surface area contributed by atoms with E-state index in [0.29, 0.717) is 11.3 Å². The molecule has 0 saturated heterocycles. The lowest BCUT2D eigenvalue weighted by atomic mass is 9.95. The molecule has 2 aromatic carbocycles. The molecule has 0 fully saturated rings. The summed E-state index contributed by atoms with van der Waals surface area (Å²) < 4.78 is 13.2. The summed E-state index contributed by atoms with van der Waals surface area (Å²) in [6.07, 6.45) is 0. The predicted octanol–water partition coefficient (Wildman–Crippen LogP) is 3.99. The van der Waals surface area contributed by atoms with Gasteiger partial charge < -0.3 is 10.4 Å². The first kappa shape index (κ1) is 15.0. The van der Waals surface area contributed by atoms with E-state index in [1.54, 1.807) is 12.1 Å². The number of aryl methyl sites for hydroxylation is 3. The molecule has 0 aliphatic rings. The van der Waals surface area contributed by atoms with Crippen molar-refractivity contribution in [2.24, 2.45) is 0 Å². The number of rotatable bonds is 4. The molecule has 21 heavy (non-hydrogen) atoms. The van der Waals surface area contributed by atoms with Crippen LogP contribution in [0.15, 0.2) is 36.4 Å². The van der Waals surface area contributed by atoms with Crippen LogP contribution in [0.25, 0.3) is 0 Å². The molecule has 2 aromatic rings. The lowest BCUT2D eigenvalue weighted by Crippen LogP contribution is -2.21. The first-order chi connectivity index (χ1) is 9.88. The summed E-state index contributed by atoms with van der Waals surface area (Å²) >= 11 is 0. The standard InChI is InChI=1S/C17H18FNO2/c1-10-7-12(3)15(8-11(10)2)16(17(20)21)19-14-6-4-5-13(18)9-14/h4-9,16,19H,1-3H3,(H,20,21). The number of aliphatic carboxylic acids is 1. The third kappa shape index (κ3) is 3.40. The molecule has 3 nitrogen and oxygen atoms in total.